The number of hydrogen-bond donors (Lipinski definition) is 1. The molecule has 3 aromatic heterocycles. The van der Waals surface area contributed by atoms with Crippen molar-refractivity contribution in [1.82, 2.24) is 24.9 Å². The summed E-state index contributed by atoms with van der Waals surface area (Å²) in [4.78, 5) is 25.7. The predicted octanol–water partition coefficient (Wildman–Crippen LogP) is 2.01. The molecule has 1 amide bonds. The fourth-order valence-corrected chi connectivity index (χ4v) is 4.03. The molecule has 0 bridgehead atoms. The first kappa shape index (κ1) is 17.7. The second kappa shape index (κ2) is 7.48. The first-order valence-electron chi connectivity index (χ1n) is 9.08. The molecule has 0 saturated heterocycles. The maximum Gasteiger partial charge on any atom is 0.269 e. The van der Waals surface area contributed by atoms with E-state index in [1.54, 1.807) is 35.2 Å². The highest BCUT2D eigenvalue weighted by molar-refractivity contribution is 7.13. The molecule has 1 aliphatic rings. The minimum Gasteiger partial charge on any atom is -0.349 e. The Kier molecular flexibility index (Phi) is 4.89. The summed E-state index contributed by atoms with van der Waals surface area (Å²) in [6, 6.07) is 7.41. The van der Waals surface area contributed by atoms with Gasteiger partial charge in [0.05, 0.1) is 17.1 Å². The molecule has 8 heteroatoms. The van der Waals surface area contributed by atoms with Crippen LogP contribution in [-0.4, -0.2) is 32.0 Å². The molecule has 0 atom stereocenters. The standard InChI is InChI=1S/C19H21N5O2S/c1-23-16(12-15(21-23)17-7-4-10-27-17)19(26)20-8-9-24-18(25)11-13-5-2-3-6-14(13)22-24/h4,7,10-12H,2-3,5-6,8-9H2,1H3,(H,20,26). The van der Waals surface area contributed by atoms with Gasteiger partial charge < -0.3 is 5.32 Å². The first-order chi connectivity index (χ1) is 13.1. The number of nitrogens with zero attached hydrogens (tertiary/aromatic N) is 4. The Hall–Kier alpha value is -2.74. The molecule has 1 aliphatic carbocycles. The predicted molar refractivity (Wildman–Crippen MR) is 104 cm³/mol. The fourth-order valence-electron chi connectivity index (χ4n) is 3.35. The summed E-state index contributed by atoms with van der Waals surface area (Å²) in [6.07, 6.45) is 4.08. The van der Waals surface area contributed by atoms with Gasteiger partial charge in [-0.2, -0.15) is 10.2 Å². The summed E-state index contributed by atoms with van der Waals surface area (Å²) in [5.74, 6) is -0.209. The molecule has 3 heterocycles. The van der Waals surface area contributed by atoms with Crippen molar-refractivity contribution in [3.63, 3.8) is 0 Å². The van der Waals surface area contributed by atoms with Crippen LogP contribution >= 0.6 is 11.3 Å². The van der Waals surface area contributed by atoms with E-state index in [1.165, 1.54) is 4.68 Å². The zero-order valence-electron chi connectivity index (χ0n) is 15.1. The normalized spacial score (nSPS) is 13.4. The summed E-state index contributed by atoms with van der Waals surface area (Å²) in [5.41, 5.74) is 3.25. The topological polar surface area (TPSA) is 81.8 Å². The van der Waals surface area contributed by atoms with Gasteiger partial charge in [0.15, 0.2) is 0 Å². The van der Waals surface area contributed by atoms with E-state index in [1.807, 2.05) is 17.5 Å². The Balaban J connectivity index is 1.41. The van der Waals surface area contributed by atoms with Gasteiger partial charge in [-0.25, -0.2) is 4.68 Å². The number of aromatic nitrogens is 4. The molecule has 0 saturated carbocycles. The Morgan fingerprint density at radius 3 is 2.93 bits per heavy atom. The zero-order valence-corrected chi connectivity index (χ0v) is 16.0. The molecule has 4 rings (SSSR count). The van der Waals surface area contributed by atoms with Crippen molar-refractivity contribution < 1.29 is 4.79 Å². The van der Waals surface area contributed by atoms with Crippen molar-refractivity contribution in [2.75, 3.05) is 6.54 Å². The highest BCUT2D eigenvalue weighted by Crippen LogP contribution is 2.23. The lowest BCUT2D eigenvalue weighted by molar-refractivity contribution is 0.0942. The van der Waals surface area contributed by atoms with Crippen LogP contribution in [0.3, 0.4) is 0 Å². The molecule has 0 aromatic carbocycles. The second-order valence-electron chi connectivity index (χ2n) is 6.66. The Bertz CT molecular complexity index is 1020. The SMILES string of the molecule is Cn1nc(-c2cccs2)cc1C(=O)NCCn1nc2c(cc1=O)CCCC2. The number of aryl methyl sites for hydroxylation is 3. The van der Waals surface area contributed by atoms with Crippen LogP contribution in [0.25, 0.3) is 10.6 Å². The Morgan fingerprint density at radius 1 is 1.26 bits per heavy atom. The number of hydrogen-bond acceptors (Lipinski definition) is 5. The van der Waals surface area contributed by atoms with Gasteiger partial charge in [-0.05, 0) is 48.8 Å². The second-order valence-corrected chi connectivity index (χ2v) is 7.60. The minimum atomic E-state index is -0.209. The monoisotopic (exact) mass is 383 g/mol. The quantitative estimate of drug-likeness (QED) is 0.731. The van der Waals surface area contributed by atoms with Crippen LogP contribution in [0.2, 0.25) is 0 Å². The van der Waals surface area contributed by atoms with E-state index in [-0.39, 0.29) is 11.5 Å². The molecule has 0 aliphatic heterocycles. The van der Waals surface area contributed by atoms with Crippen molar-refractivity contribution in [1.29, 1.82) is 0 Å². The van der Waals surface area contributed by atoms with E-state index >= 15 is 0 Å². The van der Waals surface area contributed by atoms with E-state index < -0.39 is 0 Å². The van der Waals surface area contributed by atoms with Crippen molar-refractivity contribution in [2.24, 2.45) is 7.05 Å². The number of thiophene rings is 1. The molecular weight excluding hydrogens is 362 g/mol. The van der Waals surface area contributed by atoms with Crippen LogP contribution in [0, 0.1) is 0 Å². The number of amides is 1. The van der Waals surface area contributed by atoms with Gasteiger partial charge in [0.1, 0.15) is 11.4 Å². The molecule has 0 unspecified atom stereocenters. The van der Waals surface area contributed by atoms with Gasteiger partial charge in [0.25, 0.3) is 11.5 Å². The zero-order chi connectivity index (χ0) is 18.8. The van der Waals surface area contributed by atoms with Crippen LogP contribution in [-0.2, 0) is 26.4 Å². The van der Waals surface area contributed by atoms with Crippen LogP contribution in [0.1, 0.15) is 34.6 Å². The average molecular weight is 383 g/mol. The maximum atomic E-state index is 12.5. The fraction of sp³-hybridized carbons (Fsp3) is 0.368. The average Bonchev–Trinajstić information content (AvgIpc) is 3.31. The summed E-state index contributed by atoms with van der Waals surface area (Å²) in [7, 11) is 1.75. The van der Waals surface area contributed by atoms with Crippen molar-refractivity contribution in [2.45, 2.75) is 32.2 Å². The number of rotatable bonds is 5. The summed E-state index contributed by atoms with van der Waals surface area (Å²) in [5, 5.41) is 13.7. The molecule has 1 N–H and O–H groups in total. The largest absolute Gasteiger partial charge is 0.349 e. The molecule has 27 heavy (non-hydrogen) atoms. The summed E-state index contributed by atoms with van der Waals surface area (Å²) < 4.78 is 3.03. The molecule has 0 spiro atoms. The van der Waals surface area contributed by atoms with Gasteiger partial charge >= 0.3 is 0 Å². The molecule has 7 nitrogen and oxygen atoms in total. The lowest BCUT2D eigenvalue weighted by Crippen LogP contribution is -2.33. The lowest BCUT2D eigenvalue weighted by atomic mass is 9.97. The van der Waals surface area contributed by atoms with Gasteiger partial charge in [-0.1, -0.05) is 6.07 Å². The number of fused-ring (bicyclic) bond motifs is 1. The molecule has 3 aromatic rings. The van der Waals surface area contributed by atoms with E-state index in [2.05, 4.69) is 15.5 Å². The third-order valence-corrected chi connectivity index (χ3v) is 5.66. The van der Waals surface area contributed by atoms with E-state index in [0.717, 1.165) is 47.5 Å². The maximum absolute atomic E-state index is 12.5. The van der Waals surface area contributed by atoms with Crippen LogP contribution in [0.4, 0.5) is 0 Å². The number of nitrogens with one attached hydrogen (secondary N) is 1. The number of carbonyl (C=O) groups is 1. The Morgan fingerprint density at radius 2 is 2.11 bits per heavy atom. The summed E-state index contributed by atoms with van der Waals surface area (Å²) in [6.45, 7) is 0.692. The third kappa shape index (κ3) is 3.71. The molecule has 140 valence electrons. The van der Waals surface area contributed by atoms with Crippen molar-refractivity contribution >= 4 is 17.2 Å². The highest BCUT2D eigenvalue weighted by atomic mass is 32.1. The van der Waals surface area contributed by atoms with E-state index in [4.69, 9.17) is 0 Å². The van der Waals surface area contributed by atoms with Crippen LogP contribution in [0.15, 0.2) is 34.4 Å². The van der Waals surface area contributed by atoms with Crippen LogP contribution in [0.5, 0.6) is 0 Å². The lowest BCUT2D eigenvalue weighted by Gasteiger charge is -2.16. The highest BCUT2D eigenvalue weighted by Gasteiger charge is 2.16. The number of carbonyl (C=O) groups excluding carboxylic acids is 1. The summed E-state index contributed by atoms with van der Waals surface area (Å²) >= 11 is 1.58. The van der Waals surface area contributed by atoms with E-state index in [9.17, 15) is 9.59 Å². The van der Waals surface area contributed by atoms with Gasteiger partial charge in [-0.15, -0.1) is 11.3 Å². The Labute approximate surface area is 160 Å². The third-order valence-electron chi connectivity index (χ3n) is 4.77. The minimum absolute atomic E-state index is 0.106. The molecule has 0 fully saturated rings. The van der Waals surface area contributed by atoms with E-state index in [0.29, 0.717) is 18.8 Å². The first-order valence-corrected chi connectivity index (χ1v) is 9.96. The van der Waals surface area contributed by atoms with Crippen molar-refractivity contribution in [3.8, 4) is 10.6 Å². The van der Waals surface area contributed by atoms with Gasteiger partial charge in [-0.3, -0.25) is 14.3 Å². The van der Waals surface area contributed by atoms with Gasteiger partial charge in [0, 0.05) is 19.7 Å². The smallest absolute Gasteiger partial charge is 0.269 e. The van der Waals surface area contributed by atoms with Gasteiger partial charge in [0.2, 0.25) is 0 Å². The van der Waals surface area contributed by atoms with Crippen LogP contribution < -0.4 is 10.9 Å². The molecule has 0 radical (unpaired) electrons. The van der Waals surface area contributed by atoms with Crippen molar-refractivity contribution in [3.05, 3.63) is 57.0 Å². The molecular formula is C19H21N5O2S.